The summed E-state index contributed by atoms with van der Waals surface area (Å²) >= 11 is 0. The fourth-order valence-corrected chi connectivity index (χ4v) is 45.9. The molecule has 0 N–H and O–H groups in total. The van der Waals surface area contributed by atoms with Gasteiger partial charge in [0.1, 0.15) is 0 Å². The van der Waals surface area contributed by atoms with Crippen molar-refractivity contribution < 1.29 is 0 Å². The van der Waals surface area contributed by atoms with Crippen LogP contribution in [0.1, 0.15) is 563 Å². The molecule has 0 heteroatoms. The minimum Gasteiger partial charge on any atom is -0.0851 e. The number of hydrogen-bond acceptors (Lipinski definition) is 0. The van der Waals surface area contributed by atoms with Gasteiger partial charge in [0.15, 0.2) is 0 Å². The van der Waals surface area contributed by atoms with Crippen LogP contribution >= 0.6 is 0 Å². The van der Waals surface area contributed by atoms with Crippen LogP contribution in [0.3, 0.4) is 0 Å². The van der Waals surface area contributed by atoms with Crippen molar-refractivity contribution in [1.82, 2.24) is 0 Å². The van der Waals surface area contributed by atoms with Gasteiger partial charge in [0.05, 0.1) is 0 Å². The largest absolute Gasteiger partial charge is 0.0851 e. The summed E-state index contributed by atoms with van der Waals surface area (Å²) < 4.78 is 0. The Hall–Kier alpha value is -1.56. The maximum atomic E-state index is 2.76. The number of allylic oxidation sites excluding steroid dienone is 12. The molecule has 16 saturated carbocycles. The Morgan fingerprint density at radius 3 is 0.878 bits per heavy atom. The highest BCUT2D eigenvalue weighted by molar-refractivity contribution is 5.31. The van der Waals surface area contributed by atoms with E-state index in [0.29, 0.717) is 54.1 Å². The molecule has 0 amide bonds. The molecule has 0 bridgehead atoms. The summed E-state index contributed by atoms with van der Waals surface area (Å²) in [6, 6.07) is 0. The Morgan fingerprint density at radius 2 is 0.558 bits per heavy atom. The van der Waals surface area contributed by atoms with E-state index in [2.05, 4.69) is 284 Å². The second-order valence-corrected chi connectivity index (χ2v) is 65.3. The topological polar surface area (TPSA) is 0 Å². The molecule has 840 valence electrons. The van der Waals surface area contributed by atoms with E-state index in [4.69, 9.17) is 0 Å². The molecule has 0 aromatic rings. The van der Waals surface area contributed by atoms with Crippen molar-refractivity contribution in [3.8, 4) is 0 Å². The molecule has 20 rings (SSSR count). The second kappa shape index (κ2) is 47.8. The van der Waals surface area contributed by atoms with E-state index in [1.807, 2.05) is 22.3 Å². The van der Waals surface area contributed by atoms with Gasteiger partial charge in [-0.25, -0.2) is 0 Å². The van der Waals surface area contributed by atoms with Crippen molar-refractivity contribution in [2.45, 2.75) is 563 Å². The van der Waals surface area contributed by atoms with E-state index in [-0.39, 0.29) is 0 Å². The lowest BCUT2D eigenvalue weighted by Gasteiger charge is -2.61. The van der Waals surface area contributed by atoms with Crippen molar-refractivity contribution in [1.29, 1.82) is 0 Å². The van der Waals surface area contributed by atoms with E-state index in [1.165, 1.54) is 315 Å². The third kappa shape index (κ3) is 23.1. The Bertz CT molecular complexity index is 4380. The summed E-state index contributed by atoms with van der Waals surface area (Å²) in [6.07, 6.45) is 96.4. The summed E-state index contributed by atoms with van der Waals surface area (Å²) in [6.45, 7) is 86.0. The van der Waals surface area contributed by atoms with Crippen LogP contribution in [0, 0.1) is 291 Å². The van der Waals surface area contributed by atoms with Crippen LogP contribution < -0.4 is 0 Å². The van der Waals surface area contributed by atoms with Gasteiger partial charge < -0.3 is 0 Å². The molecule has 0 aliphatic heterocycles. The molecule has 45 unspecified atom stereocenters. The maximum absolute atomic E-state index is 2.76. The van der Waals surface area contributed by atoms with Crippen LogP contribution in [0.5, 0.6) is 0 Å². The normalized spacial score (nSPS) is 46.4. The van der Waals surface area contributed by atoms with Gasteiger partial charge in [-0.05, 0) is 567 Å². The predicted molar refractivity (Wildman–Crippen MR) is 643 cm³/mol. The lowest BCUT2D eigenvalue weighted by molar-refractivity contribution is -0.118. The molecule has 16 fully saturated rings. The highest BCUT2D eigenvalue weighted by atomic mass is 14.7. The minimum atomic E-state index is 0.534. The van der Waals surface area contributed by atoms with Crippen molar-refractivity contribution in [2.75, 3.05) is 0 Å². The summed E-state index contributed by atoms with van der Waals surface area (Å²) in [5, 5.41) is 0. The van der Waals surface area contributed by atoms with Gasteiger partial charge in [-0.3, -0.25) is 0 Å². The molecule has 20 aliphatic carbocycles. The zero-order valence-electron chi connectivity index (χ0n) is 105. The molecule has 0 saturated heterocycles. The summed E-state index contributed by atoms with van der Waals surface area (Å²) in [5.74, 6) is 37.1. The van der Waals surface area contributed by atoms with Crippen LogP contribution in [0.2, 0.25) is 0 Å². The standard InChI is InChI=1S/2C30H52.C30H50.C29H50.C28H48/c3*1-8-23(20(2)3)10-9-22(5)26-13-14-27-25-12-11-24-19-21(4)15-17-29(24,6)28(25)16-18-30(26,27)7;1-19(2)21(4)8-9-22(5)25-12-13-26-24-11-10-23-18-20(3)14-16-28(23,6)27(24)15-17-29(25,26)7;1-19(2)8-7-9-21(4)24-12-13-25-23-11-10-22-18-20(3)14-16-27(22,5)26(23)15-17-28(24,25)6/h11,20-23,25-28H,8-10,12-19H2,1-7H3;9-10,20-28H,8,11-19H2,1-7H3;9-11,20-23,25-28H,8,12-19H2,1-7H3;10,19-22,24-27H,8-9,11-18H2,1-7H3;10,19-21,23-26H,7-9,11-18H2,1-6H3/b;2*10-9+;;. The first-order valence-electron chi connectivity index (χ1n) is 67.7. The van der Waals surface area contributed by atoms with Crippen molar-refractivity contribution >= 4 is 0 Å². The lowest BCUT2D eigenvalue weighted by Crippen LogP contribution is -2.53. The van der Waals surface area contributed by atoms with Crippen molar-refractivity contribution in [3.63, 3.8) is 0 Å². The Balaban J connectivity index is 0.000000131. The molecule has 0 aromatic carbocycles. The van der Waals surface area contributed by atoms with E-state index >= 15 is 0 Å². The lowest BCUT2D eigenvalue weighted by atomic mass is 9.44. The summed E-state index contributed by atoms with van der Waals surface area (Å²) in [5.41, 5.74) is 13.4. The zero-order valence-corrected chi connectivity index (χ0v) is 105. The molecule has 0 spiro atoms. The molecule has 0 radical (unpaired) electrons. The van der Waals surface area contributed by atoms with Gasteiger partial charge in [-0.1, -0.05) is 358 Å². The molecule has 147 heavy (non-hydrogen) atoms. The number of rotatable bonds is 26. The molecule has 0 nitrogen and oxygen atoms in total. The predicted octanol–water partition coefficient (Wildman–Crippen LogP) is 45.1. The second-order valence-electron chi connectivity index (χ2n) is 65.3. The zero-order chi connectivity index (χ0) is 106. The van der Waals surface area contributed by atoms with Crippen LogP contribution in [-0.2, 0) is 0 Å². The van der Waals surface area contributed by atoms with Gasteiger partial charge in [0.2, 0.25) is 0 Å². The van der Waals surface area contributed by atoms with Crippen LogP contribution in [0.25, 0.3) is 0 Å². The molecule has 0 heterocycles. The van der Waals surface area contributed by atoms with E-state index in [0.717, 1.165) is 237 Å². The highest BCUT2D eigenvalue weighted by Crippen LogP contribution is 2.76. The fourth-order valence-electron chi connectivity index (χ4n) is 45.9. The summed E-state index contributed by atoms with van der Waals surface area (Å²) in [7, 11) is 0. The molecule has 20 aliphatic rings. The van der Waals surface area contributed by atoms with Gasteiger partial charge in [-0.15, -0.1) is 0 Å². The molecular weight excluding hydrogens is 1770 g/mol. The van der Waals surface area contributed by atoms with Crippen molar-refractivity contribution in [2.24, 2.45) is 291 Å². The highest BCUT2D eigenvalue weighted by Gasteiger charge is 2.67. The monoisotopic (exact) mass is 2020 g/mol. The van der Waals surface area contributed by atoms with Gasteiger partial charge in [-0.2, -0.15) is 0 Å². The van der Waals surface area contributed by atoms with E-state index in [9.17, 15) is 0 Å². The third-order valence-corrected chi connectivity index (χ3v) is 56.1. The first-order chi connectivity index (χ1) is 69.5. The fraction of sp³-hybridized carbons (Fsp3) is 0.918. The van der Waals surface area contributed by atoms with Gasteiger partial charge in [0.25, 0.3) is 0 Å². The number of hydrogen-bond donors (Lipinski definition) is 0. The quantitative estimate of drug-likeness (QED) is 0.0757. The number of fused-ring (bicyclic) bond motifs is 25. The van der Waals surface area contributed by atoms with Crippen LogP contribution in [0.15, 0.2) is 70.9 Å². The smallest absolute Gasteiger partial charge is 0.00851 e. The Morgan fingerprint density at radius 1 is 0.259 bits per heavy atom. The SMILES string of the molecule is CC(C)CCCC(C)C1CCC2C3CC=C4CC(C)CCC4(C)C3CCC12C.CC1CCC2(C)C(=CCC3C2CCC2(C)C(C(C)CCC(C)C(C)C)CCC32)C1.CCC(/C=C/C(C)C1CCC2C3CC=C4CC(C)CCC4(C)C3CCC12C)C(C)C.CCC(/C=C/C(C)C1CCC2C3CCC4CC(C)CCC4(C)C3CCC12C)C(C)C.CCC(CCC(C)C1CCC2C3CC=C4CC(C)CCC4(C)C3CCC12C)C(C)C. The Kier molecular flexibility index (Phi) is 38.3. The molecular formula is C147H252. The van der Waals surface area contributed by atoms with Crippen molar-refractivity contribution in [3.05, 3.63) is 70.9 Å². The molecule has 45 atom stereocenters. The van der Waals surface area contributed by atoms with E-state index < -0.39 is 0 Å². The van der Waals surface area contributed by atoms with E-state index in [1.54, 1.807) is 12.8 Å². The maximum Gasteiger partial charge on any atom is -0.00851 e. The summed E-state index contributed by atoms with van der Waals surface area (Å²) in [4.78, 5) is 0. The van der Waals surface area contributed by atoms with Gasteiger partial charge >= 0.3 is 0 Å². The average molecular weight is 2020 g/mol. The average Bonchev–Trinajstić information content (AvgIpc) is 1.59. The minimum absolute atomic E-state index is 0.534. The van der Waals surface area contributed by atoms with Crippen LogP contribution in [-0.4, -0.2) is 0 Å². The molecule has 0 aromatic heterocycles. The Labute approximate surface area is 918 Å². The first kappa shape index (κ1) is 118. The van der Waals surface area contributed by atoms with Gasteiger partial charge in [0, 0.05) is 0 Å². The first-order valence-corrected chi connectivity index (χ1v) is 67.7. The third-order valence-electron chi connectivity index (χ3n) is 56.1. The van der Waals surface area contributed by atoms with Crippen LogP contribution in [0.4, 0.5) is 0 Å².